The molecule has 0 saturated carbocycles. The van der Waals surface area contributed by atoms with Crippen LogP contribution in [0.1, 0.15) is 46.8 Å². The molecule has 28 heavy (non-hydrogen) atoms. The highest BCUT2D eigenvalue weighted by Crippen LogP contribution is 2.34. The maximum Gasteiger partial charge on any atom is 0.257 e. The average Bonchev–Trinajstić information content (AvgIpc) is 3.23. The molecule has 2 aromatic rings. The first-order chi connectivity index (χ1) is 13.5. The van der Waals surface area contributed by atoms with E-state index in [4.69, 9.17) is 11.6 Å². The summed E-state index contributed by atoms with van der Waals surface area (Å²) in [6.45, 7) is 2.92. The molecule has 3 rings (SSSR count). The van der Waals surface area contributed by atoms with E-state index in [0.29, 0.717) is 11.3 Å². The van der Waals surface area contributed by atoms with Gasteiger partial charge in [0.15, 0.2) is 0 Å². The summed E-state index contributed by atoms with van der Waals surface area (Å²) in [6, 6.07) is 13.0. The lowest BCUT2D eigenvalue weighted by Gasteiger charge is -2.18. The molecule has 1 amide bonds. The van der Waals surface area contributed by atoms with E-state index >= 15 is 0 Å². The first-order valence-electron chi connectivity index (χ1n) is 9.05. The van der Waals surface area contributed by atoms with Gasteiger partial charge in [0, 0.05) is 23.7 Å². The number of hydrogen-bond donors (Lipinski definition) is 1. The van der Waals surface area contributed by atoms with Gasteiger partial charge in [0.1, 0.15) is 6.07 Å². The van der Waals surface area contributed by atoms with E-state index in [-0.39, 0.29) is 16.1 Å². The van der Waals surface area contributed by atoms with Crippen LogP contribution in [0.2, 0.25) is 5.02 Å². The number of rotatable bonds is 5. The molecular formula is C21H19ClN4OS. The quantitative estimate of drug-likeness (QED) is 0.689. The Morgan fingerprint density at radius 1 is 1.25 bits per heavy atom. The van der Waals surface area contributed by atoms with Crippen molar-refractivity contribution in [2.24, 2.45) is 0 Å². The highest BCUT2D eigenvalue weighted by Gasteiger charge is 2.21. The number of benzene rings is 2. The van der Waals surface area contributed by atoms with Crippen molar-refractivity contribution in [1.29, 1.82) is 10.5 Å². The van der Waals surface area contributed by atoms with Crippen molar-refractivity contribution in [2.75, 3.05) is 21.9 Å². The van der Waals surface area contributed by atoms with Gasteiger partial charge < -0.3 is 9.62 Å². The molecule has 1 aliphatic heterocycles. The van der Waals surface area contributed by atoms with Gasteiger partial charge in [0.05, 0.1) is 27.8 Å². The first kappa shape index (κ1) is 20.1. The number of carbonyl (C=O) groups is 1. The molecule has 1 N–H and O–H groups in total. The Morgan fingerprint density at radius 2 is 2.07 bits per heavy atom. The molecule has 142 valence electrons. The molecular weight excluding hydrogens is 392 g/mol. The largest absolute Gasteiger partial charge is 0.322 e. The standard InChI is InChI=1S/C21H19ClN4OS/c1-2-4-14-7-15(12-23)9-17(8-14)25-21(27)19-11-18(26-5-3-6-28-26)10-16(13-24)20(19)22/h7-11H,2-6H2,1H3,(H,25,27). The number of nitrogens with zero attached hydrogens (tertiary/aromatic N) is 3. The highest BCUT2D eigenvalue weighted by molar-refractivity contribution is 8.00. The molecule has 0 unspecified atom stereocenters. The number of carbonyl (C=O) groups excluding carboxylic acids is 1. The van der Waals surface area contributed by atoms with Crippen LogP contribution < -0.4 is 9.62 Å². The molecule has 1 heterocycles. The summed E-state index contributed by atoms with van der Waals surface area (Å²) in [4.78, 5) is 12.9. The molecule has 2 aromatic carbocycles. The van der Waals surface area contributed by atoms with Crippen molar-refractivity contribution in [2.45, 2.75) is 26.2 Å². The SMILES string of the molecule is CCCc1cc(C#N)cc(NC(=O)c2cc(N3CCCS3)cc(C#N)c2Cl)c1. The molecule has 5 nitrogen and oxygen atoms in total. The maximum absolute atomic E-state index is 12.9. The molecule has 0 radical (unpaired) electrons. The van der Waals surface area contributed by atoms with Crippen LogP contribution in [-0.2, 0) is 6.42 Å². The van der Waals surface area contributed by atoms with Gasteiger partial charge in [-0.05, 0) is 60.7 Å². The van der Waals surface area contributed by atoms with Gasteiger partial charge in [-0.1, -0.05) is 24.9 Å². The second kappa shape index (κ2) is 9.01. The molecule has 1 saturated heterocycles. The highest BCUT2D eigenvalue weighted by atomic mass is 35.5. The number of halogens is 1. The molecule has 1 aliphatic rings. The molecule has 0 aliphatic carbocycles. The number of nitriles is 2. The first-order valence-corrected chi connectivity index (χ1v) is 10.4. The monoisotopic (exact) mass is 410 g/mol. The Hall–Kier alpha value is -2.67. The van der Waals surface area contributed by atoms with E-state index in [9.17, 15) is 15.3 Å². The minimum Gasteiger partial charge on any atom is -0.322 e. The summed E-state index contributed by atoms with van der Waals surface area (Å²) in [5.41, 5.74) is 3.35. The third-order valence-corrected chi connectivity index (χ3v) is 5.97. The molecule has 7 heteroatoms. The van der Waals surface area contributed by atoms with Crippen molar-refractivity contribution >= 4 is 40.8 Å². The van der Waals surface area contributed by atoms with E-state index < -0.39 is 5.91 Å². The number of nitrogens with one attached hydrogen (secondary N) is 1. The van der Waals surface area contributed by atoms with Gasteiger partial charge >= 0.3 is 0 Å². The van der Waals surface area contributed by atoms with Crippen LogP contribution >= 0.6 is 23.5 Å². The number of aryl methyl sites for hydroxylation is 1. The average molecular weight is 411 g/mol. The van der Waals surface area contributed by atoms with E-state index in [1.807, 2.05) is 12.1 Å². The maximum atomic E-state index is 12.9. The van der Waals surface area contributed by atoms with Crippen molar-refractivity contribution in [1.82, 2.24) is 0 Å². The summed E-state index contributed by atoms with van der Waals surface area (Å²) in [5, 5.41) is 21.6. The zero-order valence-corrected chi connectivity index (χ0v) is 17.0. The predicted octanol–water partition coefficient (Wildman–Crippen LogP) is 5.15. The Bertz CT molecular complexity index is 987. The van der Waals surface area contributed by atoms with Gasteiger partial charge in [-0.2, -0.15) is 10.5 Å². The minimum atomic E-state index is -0.398. The Labute approximate surface area is 174 Å². The fraction of sp³-hybridized carbons (Fsp3) is 0.286. The normalized spacial score (nSPS) is 13.1. The zero-order valence-electron chi connectivity index (χ0n) is 15.5. The van der Waals surface area contributed by atoms with Crippen LogP contribution in [0.15, 0.2) is 30.3 Å². The fourth-order valence-corrected chi connectivity index (χ4v) is 4.34. The van der Waals surface area contributed by atoms with Crippen LogP contribution in [0.4, 0.5) is 11.4 Å². The Balaban J connectivity index is 1.94. The summed E-state index contributed by atoms with van der Waals surface area (Å²) < 4.78 is 2.07. The Kier molecular flexibility index (Phi) is 6.46. The second-order valence-corrected chi connectivity index (χ2v) is 7.98. The van der Waals surface area contributed by atoms with Crippen LogP contribution in [-0.4, -0.2) is 18.2 Å². The van der Waals surface area contributed by atoms with E-state index in [1.165, 1.54) is 0 Å². The van der Waals surface area contributed by atoms with Crippen LogP contribution in [0.25, 0.3) is 0 Å². The smallest absolute Gasteiger partial charge is 0.257 e. The third-order valence-electron chi connectivity index (χ3n) is 4.38. The number of hydrogen-bond acceptors (Lipinski definition) is 5. The lowest BCUT2D eigenvalue weighted by molar-refractivity contribution is 0.102. The van der Waals surface area contributed by atoms with Gasteiger partial charge in [0.2, 0.25) is 0 Å². The number of amides is 1. The summed E-state index contributed by atoms with van der Waals surface area (Å²) in [6.07, 6.45) is 2.81. The van der Waals surface area contributed by atoms with Crippen LogP contribution in [0.3, 0.4) is 0 Å². The second-order valence-electron chi connectivity index (χ2n) is 6.49. The van der Waals surface area contributed by atoms with Crippen molar-refractivity contribution in [3.63, 3.8) is 0 Å². The number of anilines is 2. The topological polar surface area (TPSA) is 79.9 Å². The summed E-state index contributed by atoms with van der Waals surface area (Å²) in [5.74, 6) is 0.609. The van der Waals surface area contributed by atoms with Crippen molar-refractivity contribution < 1.29 is 4.79 Å². The lowest BCUT2D eigenvalue weighted by Crippen LogP contribution is -2.16. The molecule has 0 aromatic heterocycles. The van der Waals surface area contributed by atoms with Gasteiger partial charge in [-0.15, -0.1) is 0 Å². The third kappa shape index (κ3) is 4.42. The van der Waals surface area contributed by atoms with Crippen LogP contribution in [0.5, 0.6) is 0 Å². The Morgan fingerprint density at radius 3 is 2.71 bits per heavy atom. The summed E-state index contributed by atoms with van der Waals surface area (Å²) >= 11 is 8.00. The van der Waals surface area contributed by atoms with E-state index in [1.54, 1.807) is 30.1 Å². The van der Waals surface area contributed by atoms with Gasteiger partial charge in [-0.3, -0.25) is 4.79 Å². The van der Waals surface area contributed by atoms with Crippen LogP contribution in [0, 0.1) is 22.7 Å². The molecule has 0 spiro atoms. The lowest BCUT2D eigenvalue weighted by atomic mass is 10.1. The zero-order chi connectivity index (χ0) is 20.1. The fourth-order valence-electron chi connectivity index (χ4n) is 3.11. The van der Waals surface area contributed by atoms with Crippen molar-refractivity contribution in [3.05, 3.63) is 57.6 Å². The molecule has 1 fully saturated rings. The van der Waals surface area contributed by atoms with Gasteiger partial charge in [-0.25, -0.2) is 0 Å². The summed E-state index contributed by atoms with van der Waals surface area (Å²) in [7, 11) is 0. The van der Waals surface area contributed by atoms with E-state index in [0.717, 1.165) is 42.8 Å². The minimum absolute atomic E-state index is 0.137. The van der Waals surface area contributed by atoms with E-state index in [2.05, 4.69) is 28.7 Å². The molecule has 0 bridgehead atoms. The van der Waals surface area contributed by atoms with Crippen molar-refractivity contribution in [3.8, 4) is 12.1 Å². The predicted molar refractivity (Wildman–Crippen MR) is 114 cm³/mol. The van der Waals surface area contributed by atoms with Gasteiger partial charge in [0.25, 0.3) is 5.91 Å². The molecule has 0 atom stereocenters.